The zero-order valence-corrected chi connectivity index (χ0v) is 12.9. The van der Waals surface area contributed by atoms with Gasteiger partial charge in [-0.2, -0.15) is 0 Å². The molecule has 6 heteroatoms. The number of aliphatic carboxylic acids is 1. The maximum absolute atomic E-state index is 12.1. The molecule has 0 aliphatic carbocycles. The van der Waals surface area contributed by atoms with E-state index in [1.165, 1.54) is 25.8 Å². The first-order chi connectivity index (χ1) is 10.1. The zero-order valence-electron chi connectivity index (χ0n) is 12.9. The van der Waals surface area contributed by atoms with Crippen LogP contribution in [0.15, 0.2) is 0 Å². The molecule has 2 heterocycles. The average Bonchev–Trinajstić information content (AvgIpc) is 2.50. The van der Waals surface area contributed by atoms with Gasteiger partial charge in [-0.25, -0.2) is 4.79 Å². The highest BCUT2D eigenvalue weighted by Gasteiger charge is 2.30. The summed E-state index contributed by atoms with van der Waals surface area (Å²) in [5.74, 6) is -1.11. The topological polar surface area (TPSA) is 72.9 Å². The summed E-state index contributed by atoms with van der Waals surface area (Å²) in [4.78, 5) is 27.3. The molecule has 2 saturated heterocycles. The Kier molecular flexibility index (Phi) is 5.85. The molecule has 2 fully saturated rings. The summed E-state index contributed by atoms with van der Waals surface area (Å²) in [6.45, 7) is 6.04. The van der Waals surface area contributed by atoms with Crippen LogP contribution in [-0.4, -0.2) is 65.7 Å². The second kappa shape index (κ2) is 7.64. The standard InChI is InChI=1S/C15H27N3O3/c1-12(14(19)20)5-4-7-16-15(21)18-10-9-17-8-3-2-6-13(17)11-18/h12-13H,2-11H2,1H3,(H,16,21)(H,19,20). The Morgan fingerprint density at radius 3 is 2.86 bits per heavy atom. The molecular weight excluding hydrogens is 270 g/mol. The zero-order chi connectivity index (χ0) is 15.2. The third kappa shape index (κ3) is 4.59. The molecule has 2 N–H and O–H groups in total. The van der Waals surface area contributed by atoms with Crippen molar-refractivity contribution in [3.05, 3.63) is 0 Å². The van der Waals surface area contributed by atoms with Gasteiger partial charge in [0.1, 0.15) is 0 Å². The molecular formula is C15H27N3O3. The molecule has 6 nitrogen and oxygen atoms in total. The van der Waals surface area contributed by atoms with Gasteiger partial charge in [0.05, 0.1) is 5.92 Å². The van der Waals surface area contributed by atoms with Crippen molar-refractivity contribution in [1.82, 2.24) is 15.1 Å². The number of nitrogens with zero attached hydrogens (tertiary/aromatic N) is 2. The summed E-state index contributed by atoms with van der Waals surface area (Å²) < 4.78 is 0. The fourth-order valence-corrected chi connectivity index (χ4v) is 3.18. The smallest absolute Gasteiger partial charge is 0.317 e. The molecule has 2 aliphatic rings. The minimum Gasteiger partial charge on any atom is -0.481 e. The van der Waals surface area contributed by atoms with Crippen LogP contribution in [0.3, 0.4) is 0 Å². The number of hydrogen-bond acceptors (Lipinski definition) is 3. The van der Waals surface area contributed by atoms with E-state index in [-0.39, 0.29) is 11.9 Å². The van der Waals surface area contributed by atoms with E-state index in [9.17, 15) is 9.59 Å². The first-order valence-electron chi connectivity index (χ1n) is 8.07. The number of rotatable bonds is 5. The lowest BCUT2D eigenvalue weighted by Crippen LogP contribution is -2.58. The van der Waals surface area contributed by atoms with Crippen LogP contribution in [0.25, 0.3) is 0 Å². The quantitative estimate of drug-likeness (QED) is 0.752. The number of carboxylic acid groups (broad SMARTS) is 1. The number of urea groups is 1. The van der Waals surface area contributed by atoms with Crippen LogP contribution in [0, 0.1) is 5.92 Å². The maximum Gasteiger partial charge on any atom is 0.317 e. The summed E-state index contributed by atoms with van der Waals surface area (Å²) in [6.07, 6.45) is 5.06. The van der Waals surface area contributed by atoms with Crippen molar-refractivity contribution < 1.29 is 14.7 Å². The molecule has 0 aromatic rings. The second-order valence-electron chi connectivity index (χ2n) is 6.25. The van der Waals surface area contributed by atoms with Crippen molar-refractivity contribution in [1.29, 1.82) is 0 Å². The van der Waals surface area contributed by atoms with Gasteiger partial charge in [-0.1, -0.05) is 13.3 Å². The summed E-state index contributed by atoms with van der Waals surface area (Å²) in [7, 11) is 0. The maximum atomic E-state index is 12.1. The van der Waals surface area contributed by atoms with Crippen molar-refractivity contribution in [3.63, 3.8) is 0 Å². The van der Waals surface area contributed by atoms with Gasteiger partial charge in [0, 0.05) is 32.2 Å². The number of fused-ring (bicyclic) bond motifs is 1. The average molecular weight is 297 g/mol. The molecule has 21 heavy (non-hydrogen) atoms. The largest absolute Gasteiger partial charge is 0.481 e. The van der Waals surface area contributed by atoms with E-state index in [0.29, 0.717) is 25.4 Å². The molecule has 2 rings (SSSR count). The molecule has 2 aliphatic heterocycles. The van der Waals surface area contributed by atoms with Gasteiger partial charge in [0.15, 0.2) is 0 Å². The lowest BCUT2D eigenvalue weighted by molar-refractivity contribution is -0.141. The van der Waals surface area contributed by atoms with Crippen molar-refractivity contribution in [2.24, 2.45) is 5.92 Å². The van der Waals surface area contributed by atoms with Crippen LogP contribution in [0.4, 0.5) is 4.79 Å². The summed E-state index contributed by atoms with van der Waals surface area (Å²) >= 11 is 0. The first kappa shape index (κ1) is 16.1. The van der Waals surface area contributed by atoms with E-state index < -0.39 is 5.97 Å². The Hall–Kier alpha value is -1.30. The molecule has 0 saturated carbocycles. The number of carbonyl (C=O) groups excluding carboxylic acids is 1. The predicted octanol–water partition coefficient (Wildman–Crippen LogP) is 1.37. The Morgan fingerprint density at radius 2 is 2.10 bits per heavy atom. The third-order valence-corrected chi connectivity index (χ3v) is 4.64. The van der Waals surface area contributed by atoms with E-state index >= 15 is 0 Å². The fraction of sp³-hybridized carbons (Fsp3) is 0.867. The fourth-order valence-electron chi connectivity index (χ4n) is 3.18. The Balaban J connectivity index is 1.65. The molecule has 0 spiro atoms. The van der Waals surface area contributed by atoms with Crippen LogP contribution in [0.5, 0.6) is 0 Å². The number of piperazine rings is 1. The lowest BCUT2D eigenvalue weighted by atomic mass is 10.00. The lowest BCUT2D eigenvalue weighted by Gasteiger charge is -2.43. The Bertz CT molecular complexity index is 375. The SMILES string of the molecule is CC(CCCNC(=O)N1CCN2CCCCC2C1)C(=O)O. The van der Waals surface area contributed by atoms with E-state index in [0.717, 1.165) is 19.6 Å². The van der Waals surface area contributed by atoms with Crippen molar-refractivity contribution in [2.45, 2.75) is 45.1 Å². The summed E-state index contributed by atoms with van der Waals surface area (Å²) in [5, 5.41) is 11.7. The van der Waals surface area contributed by atoms with Gasteiger partial charge in [-0.05, 0) is 32.2 Å². The normalized spacial score (nSPS) is 24.2. The van der Waals surface area contributed by atoms with Gasteiger partial charge >= 0.3 is 12.0 Å². The van der Waals surface area contributed by atoms with Gasteiger partial charge in [0.2, 0.25) is 0 Å². The molecule has 2 unspecified atom stereocenters. The van der Waals surface area contributed by atoms with Crippen LogP contribution < -0.4 is 5.32 Å². The molecule has 120 valence electrons. The Morgan fingerprint density at radius 1 is 1.29 bits per heavy atom. The minimum atomic E-state index is -0.769. The highest BCUT2D eigenvalue weighted by atomic mass is 16.4. The molecule has 0 aromatic heterocycles. The van der Waals surface area contributed by atoms with E-state index in [1.54, 1.807) is 6.92 Å². The predicted molar refractivity (Wildman–Crippen MR) is 80.2 cm³/mol. The van der Waals surface area contributed by atoms with Crippen molar-refractivity contribution in [3.8, 4) is 0 Å². The van der Waals surface area contributed by atoms with Crippen LogP contribution >= 0.6 is 0 Å². The number of hydrogen-bond donors (Lipinski definition) is 2. The number of piperidine rings is 1. The van der Waals surface area contributed by atoms with E-state index in [4.69, 9.17) is 5.11 Å². The van der Waals surface area contributed by atoms with Gasteiger partial charge < -0.3 is 15.3 Å². The van der Waals surface area contributed by atoms with Crippen LogP contribution in [-0.2, 0) is 4.79 Å². The van der Waals surface area contributed by atoms with Gasteiger partial charge in [-0.3, -0.25) is 9.69 Å². The van der Waals surface area contributed by atoms with Crippen LogP contribution in [0.1, 0.15) is 39.0 Å². The number of nitrogens with one attached hydrogen (secondary N) is 1. The molecule has 0 aromatic carbocycles. The van der Waals surface area contributed by atoms with Crippen molar-refractivity contribution >= 4 is 12.0 Å². The van der Waals surface area contributed by atoms with Gasteiger partial charge in [-0.15, -0.1) is 0 Å². The molecule has 0 bridgehead atoms. The summed E-state index contributed by atoms with van der Waals surface area (Å²) in [5.41, 5.74) is 0. The Labute approximate surface area is 126 Å². The van der Waals surface area contributed by atoms with Gasteiger partial charge in [0.25, 0.3) is 0 Å². The van der Waals surface area contributed by atoms with Crippen molar-refractivity contribution in [2.75, 3.05) is 32.7 Å². The molecule has 2 atom stereocenters. The second-order valence-corrected chi connectivity index (χ2v) is 6.25. The third-order valence-electron chi connectivity index (χ3n) is 4.64. The highest BCUT2D eigenvalue weighted by molar-refractivity contribution is 5.74. The van der Waals surface area contributed by atoms with E-state index in [1.807, 2.05) is 4.90 Å². The van der Waals surface area contributed by atoms with E-state index in [2.05, 4.69) is 10.2 Å². The monoisotopic (exact) mass is 297 g/mol. The minimum absolute atomic E-state index is 0.00296. The number of carboxylic acids is 1. The molecule has 2 amide bonds. The van der Waals surface area contributed by atoms with Crippen LogP contribution in [0.2, 0.25) is 0 Å². The number of carbonyl (C=O) groups is 2. The highest BCUT2D eigenvalue weighted by Crippen LogP contribution is 2.20. The first-order valence-corrected chi connectivity index (χ1v) is 8.07. The summed E-state index contributed by atoms with van der Waals surface area (Å²) in [6, 6.07) is 0.536. The number of amides is 2. The molecule has 0 radical (unpaired) electrons.